The van der Waals surface area contributed by atoms with Crippen LogP contribution in [0.25, 0.3) is 0 Å². The number of amides is 2. The number of aryl methyl sites for hydroxylation is 2. The fourth-order valence-corrected chi connectivity index (χ4v) is 3.17. The van der Waals surface area contributed by atoms with Crippen molar-refractivity contribution in [3.05, 3.63) is 65.2 Å². The molecule has 1 saturated heterocycles. The van der Waals surface area contributed by atoms with Crippen molar-refractivity contribution in [2.75, 3.05) is 11.9 Å². The van der Waals surface area contributed by atoms with Crippen LogP contribution in [0.1, 0.15) is 34.3 Å². The SMILES string of the molecule is Cc1cccc(NC(=O)C2CCCN2C(=O)c2cccc(C)c2)c1. The summed E-state index contributed by atoms with van der Waals surface area (Å²) in [4.78, 5) is 27.1. The van der Waals surface area contributed by atoms with E-state index in [4.69, 9.17) is 0 Å². The average molecular weight is 322 g/mol. The van der Waals surface area contributed by atoms with Gasteiger partial charge < -0.3 is 10.2 Å². The predicted molar refractivity (Wildman–Crippen MR) is 95.0 cm³/mol. The van der Waals surface area contributed by atoms with Crippen molar-refractivity contribution >= 4 is 17.5 Å². The van der Waals surface area contributed by atoms with Gasteiger partial charge in [0.2, 0.25) is 5.91 Å². The quantitative estimate of drug-likeness (QED) is 0.939. The molecule has 4 nitrogen and oxygen atoms in total. The molecule has 2 amide bonds. The summed E-state index contributed by atoms with van der Waals surface area (Å²) in [6.07, 6.45) is 1.55. The Balaban J connectivity index is 1.75. The molecule has 1 aliphatic heterocycles. The number of hydrogen-bond acceptors (Lipinski definition) is 2. The topological polar surface area (TPSA) is 49.4 Å². The monoisotopic (exact) mass is 322 g/mol. The van der Waals surface area contributed by atoms with Gasteiger partial charge in [0.15, 0.2) is 0 Å². The maximum atomic E-state index is 12.8. The third-order valence-corrected chi connectivity index (χ3v) is 4.37. The standard InChI is InChI=1S/C20H22N2O2/c1-14-6-3-8-16(12-14)20(24)22-11-5-10-18(22)19(23)21-17-9-4-7-15(2)13-17/h3-4,6-9,12-13,18H,5,10-11H2,1-2H3,(H,21,23). The van der Waals surface area contributed by atoms with Crippen LogP contribution in [0.2, 0.25) is 0 Å². The molecular weight excluding hydrogens is 300 g/mol. The number of nitrogens with zero attached hydrogens (tertiary/aromatic N) is 1. The van der Waals surface area contributed by atoms with Gasteiger partial charge in [0, 0.05) is 17.8 Å². The first kappa shape index (κ1) is 16.2. The van der Waals surface area contributed by atoms with Gasteiger partial charge in [-0.2, -0.15) is 0 Å². The van der Waals surface area contributed by atoms with Crippen LogP contribution in [0.3, 0.4) is 0 Å². The summed E-state index contributed by atoms with van der Waals surface area (Å²) in [5.41, 5.74) is 3.55. The number of carbonyl (C=O) groups excluding carboxylic acids is 2. The van der Waals surface area contributed by atoms with Crippen LogP contribution >= 0.6 is 0 Å². The third-order valence-electron chi connectivity index (χ3n) is 4.37. The van der Waals surface area contributed by atoms with Gasteiger partial charge in [0.05, 0.1) is 0 Å². The summed E-state index contributed by atoms with van der Waals surface area (Å²) >= 11 is 0. The lowest BCUT2D eigenvalue weighted by molar-refractivity contribution is -0.119. The lowest BCUT2D eigenvalue weighted by Crippen LogP contribution is -2.43. The first-order chi connectivity index (χ1) is 11.5. The molecule has 2 aromatic rings. The average Bonchev–Trinajstić information content (AvgIpc) is 3.04. The molecule has 0 aliphatic carbocycles. The Labute approximate surface area is 142 Å². The number of anilines is 1. The van der Waals surface area contributed by atoms with E-state index < -0.39 is 6.04 Å². The minimum absolute atomic E-state index is 0.0689. The van der Waals surface area contributed by atoms with Gasteiger partial charge in [-0.15, -0.1) is 0 Å². The molecule has 1 unspecified atom stereocenters. The van der Waals surface area contributed by atoms with Crippen molar-refractivity contribution in [3.63, 3.8) is 0 Å². The highest BCUT2D eigenvalue weighted by molar-refractivity contribution is 6.01. The lowest BCUT2D eigenvalue weighted by atomic mass is 10.1. The normalized spacial score (nSPS) is 16.9. The highest BCUT2D eigenvalue weighted by Gasteiger charge is 2.34. The number of likely N-dealkylation sites (tertiary alicyclic amines) is 1. The van der Waals surface area contributed by atoms with Crippen LogP contribution in [0.15, 0.2) is 48.5 Å². The molecule has 0 spiro atoms. The Morgan fingerprint density at radius 2 is 1.75 bits per heavy atom. The van der Waals surface area contributed by atoms with Crippen LogP contribution in [-0.4, -0.2) is 29.3 Å². The fourth-order valence-electron chi connectivity index (χ4n) is 3.17. The van der Waals surface area contributed by atoms with Gasteiger partial charge in [0.25, 0.3) is 5.91 Å². The first-order valence-corrected chi connectivity index (χ1v) is 8.30. The Hall–Kier alpha value is -2.62. The van der Waals surface area contributed by atoms with Gasteiger partial charge in [-0.1, -0.05) is 29.8 Å². The van der Waals surface area contributed by atoms with Gasteiger partial charge in [-0.25, -0.2) is 0 Å². The maximum Gasteiger partial charge on any atom is 0.254 e. The Bertz CT molecular complexity index is 770. The summed E-state index contributed by atoms with van der Waals surface area (Å²) in [6.45, 7) is 4.57. The van der Waals surface area contributed by atoms with E-state index in [2.05, 4.69) is 5.32 Å². The summed E-state index contributed by atoms with van der Waals surface area (Å²) < 4.78 is 0. The van der Waals surface area contributed by atoms with Crippen LogP contribution in [0, 0.1) is 13.8 Å². The number of hydrogen-bond donors (Lipinski definition) is 1. The van der Waals surface area contributed by atoms with Gasteiger partial charge in [0.1, 0.15) is 6.04 Å². The molecule has 1 atom stereocenters. The van der Waals surface area contributed by atoms with Crippen molar-refractivity contribution in [3.8, 4) is 0 Å². The van der Waals surface area contributed by atoms with E-state index in [0.717, 1.165) is 23.2 Å². The van der Waals surface area contributed by atoms with Crippen molar-refractivity contribution in [2.45, 2.75) is 32.7 Å². The molecule has 0 radical (unpaired) electrons. The Morgan fingerprint density at radius 3 is 2.46 bits per heavy atom. The zero-order chi connectivity index (χ0) is 17.1. The summed E-state index contributed by atoms with van der Waals surface area (Å²) in [5.74, 6) is -0.181. The van der Waals surface area contributed by atoms with Crippen LogP contribution in [0.4, 0.5) is 5.69 Å². The summed E-state index contributed by atoms with van der Waals surface area (Å²) in [5, 5.41) is 2.94. The van der Waals surface area contributed by atoms with Crippen LogP contribution in [-0.2, 0) is 4.79 Å². The second kappa shape index (κ2) is 6.87. The first-order valence-electron chi connectivity index (χ1n) is 8.30. The molecular formula is C20H22N2O2. The third kappa shape index (κ3) is 3.48. The van der Waals surface area contributed by atoms with E-state index in [0.29, 0.717) is 18.5 Å². The molecule has 0 aromatic heterocycles. The van der Waals surface area contributed by atoms with Crippen LogP contribution < -0.4 is 5.32 Å². The Kier molecular flexibility index (Phi) is 4.65. The number of rotatable bonds is 3. The highest BCUT2D eigenvalue weighted by Crippen LogP contribution is 2.22. The molecule has 0 bridgehead atoms. The van der Waals surface area contributed by atoms with E-state index in [1.54, 1.807) is 4.90 Å². The van der Waals surface area contributed by atoms with E-state index in [-0.39, 0.29) is 11.8 Å². The molecule has 1 fully saturated rings. The van der Waals surface area contributed by atoms with Gasteiger partial charge in [-0.05, 0) is 56.5 Å². The molecule has 124 valence electrons. The maximum absolute atomic E-state index is 12.8. The molecule has 1 heterocycles. The zero-order valence-electron chi connectivity index (χ0n) is 14.1. The predicted octanol–water partition coefficient (Wildman–Crippen LogP) is 3.55. The molecule has 4 heteroatoms. The van der Waals surface area contributed by atoms with Crippen molar-refractivity contribution in [1.82, 2.24) is 4.90 Å². The minimum Gasteiger partial charge on any atom is -0.327 e. The fraction of sp³-hybridized carbons (Fsp3) is 0.300. The number of nitrogens with one attached hydrogen (secondary N) is 1. The number of carbonyl (C=O) groups is 2. The smallest absolute Gasteiger partial charge is 0.254 e. The summed E-state index contributed by atoms with van der Waals surface area (Å²) in [6, 6.07) is 14.8. The Morgan fingerprint density at radius 1 is 1.04 bits per heavy atom. The molecule has 3 rings (SSSR count). The minimum atomic E-state index is -0.404. The van der Waals surface area contributed by atoms with E-state index in [9.17, 15) is 9.59 Å². The van der Waals surface area contributed by atoms with E-state index in [1.807, 2.05) is 62.4 Å². The van der Waals surface area contributed by atoms with E-state index >= 15 is 0 Å². The highest BCUT2D eigenvalue weighted by atomic mass is 16.2. The number of benzene rings is 2. The van der Waals surface area contributed by atoms with Gasteiger partial charge in [-0.3, -0.25) is 9.59 Å². The van der Waals surface area contributed by atoms with Gasteiger partial charge >= 0.3 is 0 Å². The molecule has 2 aromatic carbocycles. The zero-order valence-corrected chi connectivity index (χ0v) is 14.1. The van der Waals surface area contributed by atoms with Crippen molar-refractivity contribution in [1.29, 1.82) is 0 Å². The van der Waals surface area contributed by atoms with Crippen molar-refractivity contribution in [2.24, 2.45) is 0 Å². The molecule has 1 N–H and O–H groups in total. The second-order valence-electron chi connectivity index (χ2n) is 6.38. The largest absolute Gasteiger partial charge is 0.327 e. The summed E-state index contributed by atoms with van der Waals surface area (Å²) in [7, 11) is 0. The van der Waals surface area contributed by atoms with Crippen molar-refractivity contribution < 1.29 is 9.59 Å². The second-order valence-corrected chi connectivity index (χ2v) is 6.38. The molecule has 0 saturated carbocycles. The lowest BCUT2D eigenvalue weighted by Gasteiger charge is -2.24. The van der Waals surface area contributed by atoms with Crippen LogP contribution in [0.5, 0.6) is 0 Å². The molecule has 24 heavy (non-hydrogen) atoms. The molecule has 1 aliphatic rings. The van der Waals surface area contributed by atoms with E-state index in [1.165, 1.54) is 0 Å².